The Balaban J connectivity index is 1.78. The molecule has 2 aliphatic heterocycles. The first-order chi connectivity index (χ1) is 10.8. The first kappa shape index (κ1) is 18.5. The Morgan fingerprint density at radius 3 is 2.13 bits per heavy atom. The number of carbonyl (C=O) groups is 1. The first-order valence-corrected chi connectivity index (χ1v) is 8.29. The van der Waals surface area contributed by atoms with Gasteiger partial charge in [-0.2, -0.15) is 13.2 Å². The molecule has 0 aliphatic carbocycles. The Hall–Kier alpha value is -0.860. The van der Waals surface area contributed by atoms with Crippen LogP contribution < -0.4 is 0 Å². The van der Waals surface area contributed by atoms with Crippen LogP contribution in [0.2, 0.25) is 0 Å². The molecule has 1 amide bonds. The first-order valence-electron chi connectivity index (χ1n) is 8.29. The molecule has 0 aromatic rings. The van der Waals surface area contributed by atoms with Crippen LogP contribution in [-0.4, -0.2) is 89.8 Å². The Labute approximate surface area is 135 Å². The number of piperidine rings is 1. The summed E-state index contributed by atoms with van der Waals surface area (Å²) in [6, 6.07) is -0.234. The number of hydrogen-bond donors (Lipinski definition) is 1. The second-order valence-corrected chi connectivity index (χ2v) is 6.46. The standard InChI is InChI=1S/C15H26F3N3O2/c1-12(14(23)21-5-3-2-4-6-21)20-9-7-19(8-10-20)11-13(22)15(16,17)18/h12-13,22H,2-11H2,1H3/t12-,13-/m0/s1. The van der Waals surface area contributed by atoms with E-state index in [0.717, 1.165) is 25.9 Å². The van der Waals surface area contributed by atoms with E-state index in [1.54, 1.807) is 4.90 Å². The van der Waals surface area contributed by atoms with Crippen molar-refractivity contribution in [3.05, 3.63) is 0 Å². The van der Waals surface area contributed by atoms with Crippen molar-refractivity contribution in [3.8, 4) is 0 Å². The Kier molecular flexibility index (Phi) is 6.27. The summed E-state index contributed by atoms with van der Waals surface area (Å²) in [5.74, 6) is 0.119. The van der Waals surface area contributed by atoms with Crippen LogP contribution in [0.3, 0.4) is 0 Å². The van der Waals surface area contributed by atoms with Gasteiger partial charge in [-0.05, 0) is 26.2 Å². The Bertz CT molecular complexity index is 392. The van der Waals surface area contributed by atoms with Gasteiger partial charge in [0.25, 0.3) is 0 Å². The van der Waals surface area contributed by atoms with E-state index in [2.05, 4.69) is 0 Å². The van der Waals surface area contributed by atoms with Gasteiger partial charge in [-0.25, -0.2) is 0 Å². The lowest BCUT2D eigenvalue weighted by molar-refractivity contribution is -0.209. The molecular formula is C15H26F3N3O2. The third kappa shape index (κ3) is 5.06. The molecule has 2 fully saturated rings. The molecule has 0 spiro atoms. The predicted octanol–water partition coefficient (Wildman–Crippen LogP) is 0.928. The molecule has 0 aromatic heterocycles. The summed E-state index contributed by atoms with van der Waals surface area (Å²) in [5.41, 5.74) is 0. The number of piperazine rings is 1. The topological polar surface area (TPSA) is 47.0 Å². The molecule has 2 atom stereocenters. The van der Waals surface area contributed by atoms with Gasteiger partial charge in [0.1, 0.15) is 0 Å². The molecule has 0 radical (unpaired) electrons. The summed E-state index contributed by atoms with van der Waals surface area (Å²) in [6.45, 7) is 5.05. The van der Waals surface area contributed by atoms with Crippen LogP contribution in [0.5, 0.6) is 0 Å². The van der Waals surface area contributed by atoms with Crippen molar-refractivity contribution in [2.45, 2.75) is 44.5 Å². The molecule has 1 N–H and O–H groups in total. The van der Waals surface area contributed by atoms with Gasteiger partial charge in [0.2, 0.25) is 5.91 Å². The fourth-order valence-corrected chi connectivity index (χ4v) is 3.22. The van der Waals surface area contributed by atoms with Crippen LogP contribution in [0.15, 0.2) is 0 Å². The molecule has 5 nitrogen and oxygen atoms in total. The van der Waals surface area contributed by atoms with E-state index in [9.17, 15) is 18.0 Å². The highest BCUT2D eigenvalue weighted by Gasteiger charge is 2.40. The highest BCUT2D eigenvalue weighted by molar-refractivity contribution is 5.81. The van der Waals surface area contributed by atoms with E-state index in [0.29, 0.717) is 26.2 Å². The Morgan fingerprint density at radius 2 is 1.61 bits per heavy atom. The van der Waals surface area contributed by atoms with Gasteiger partial charge < -0.3 is 10.0 Å². The number of alkyl halides is 3. The number of aliphatic hydroxyl groups is 1. The van der Waals surface area contributed by atoms with E-state index in [-0.39, 0.29) is 11.9 Å². The van der Waals surface area contributed by atoms with Crippen molar-refractivity contribution in [1.82, 2.24) is 14.7 Å². The van der Waals surface area contributed by atoms with Crippen molar-refractivity contribution in [3.63, 3.8) is 0 Å². The van der Waals surface area contributed by atoms with Gasteiger partial charge in [-0.1, -0.05) is 0 Å². The molecule has 0 bridgehead atoms. The zero-order valence-corrected chi connectivity index (χ0v) is 13.6. The maximum atomic E-state index is 12.5. The number of β-amino-alcohol motifs (C(OH)–C–C–N with tert-alkyl or cyclic N) is 1. The van der Waals surface area contributed by atoms with Crippen molar-refractivity contribution in [2.24, 2.45) is 0 Å². The van der Waals surface area contributed by atoms with E-state index in [1.807, 2.05) is 16.7 Å². The van der Waals surface area contributed by atoms with E-state index >= 15 is 0 Å². The third-order valence-corrected chi connectivity index (χ3v) is 4.79. The highest BCUT2D eigenvalue weighted by Crippen LogP contribution is 2.21. The quantitative estimate of drug-likeness (QED) is 0.829. The van der Waals surface area contributed by atoms with E-state index in [4.69, 9.17) is 5.11 Å². The molecule has 0 aromatic carbocycles. The van der Waals surface area contributed by atoms with Crippen molar-refractivity contribution < 1.29 is 23.1 Å². The largest absolute Gasteiger partial charge is 0.415 e. The third-order valence-electron chi connectivity index (χ3n) is 4.79. The smallest absolute Gasteiger partial charge is 0.382 e. The minimum Gasteiger partial charge on any atom is -0.382 e. The molecule has 8 heteroatoms. The molecule has 0 saturated carbocycles. The maximum absolute atomic E-state index is 12.5. The van der Waals surface area contributed by atoms with Crippen LogP contribution in [0, 0.1) is 0 Å². The summed E-state index contributed by atoms with van der Waals surface area (Å²) in [5, 5.41) is 9.13. The van der Waals surface area contributed by atoms with Crippen LogP contribution in [0.25, 0.3) is 0 Å². The number of rotatable bonds is 4. The summed E-state index contributed by atoms with van der Waals surface area (Å²) in [7, 11) is 0. The molecule has 0 unspecified atom stereocenters. The SMILES string of the molecule is C[C@@H](C(=O)N1CCCCC1)N1CCN(C[C@H](O)C(F)(F)F)CC1. The van der Waals surface area contributed by atoms with Crippen LogP contribution in [0.1, 0.15) is 26.2 Å². The summed E-state index contributed by atoms with van der Waals surface area (Å²) >= 11 is 0. The van der Waals surface area contributed by atoms with Gasteiger partial charge >= 0.3 is 6.18 Å². The second-order valence-electron chi connectivity index (χ2n) is 6.46. The predicted molar refractivity (Wildman–Crippen MR) is 80.0 cm³/mol. The normalized spacial score (nSPS) is 24.5. The molecule has 2 aliphatic rings. The lowest BCUT2D eigenvalue weighted by Gasteiger charge is -2.40. The van der Waals surface area contributed by atoms with Crippen molar-refractivity contribution in [2.75, 3.05) is 45.8 Å². The number of carbonyl (C=O) groups excluding carboxylic acids is 1. The molecule has 23 heavy (non-hydrogen) atoms. The van der Waals surface area contributed by atoms with E-state index < -0.39 is 18.8 Å². The molecule has 2 saturated heterocycles. The molecule has 134 valence electrons. The van der Waals surface area contributed by atoms with Crippen molar-refractivity contribution in [1.29, 1.82) is 0 Å². The minimum absolute atomic E-state index is 0.119. The lowest BCUT2D eigenvalue weighted by atomic mass is 10.1. The number of hydrogen-bond acceptors (Lipinski definition) is 4. The molecule has 2 heterocycles. The maximum Gasteiger partial charge on any atom is 0.415 e. The molecule has 2 rings (SSSR count). The van der Waals surface area contributed by atoms with Gasteiger partial charge in [0, 0.05) is 45.8 Å². The number of amides is 1. The van der Waals surface area contributed by atoms with Crippen LogP contribution in [0.4, 0.5) is 13.2 Å². The van der Waals surface area contributed by atoms with Gasteiger partial charge in [0.05, 0.1) is 6.04 Å². The average Bonchev–Trinajstić information content (AvgIpc) is 2.54. The summed E-state index contributed by atoms with van der Waals surface area (Å²) in [4.78, 5) is 18.0. The number of aliphatic hydroxyl groups excluding tert-OH is 1. The number of nitrogens with zero attached hydrogens (tertiary/aromatic N) is 3. The molecular weight excluding hydrogens is 311 g/mol. The highest BCUT2D eigenvalue weighted by atomic mass is 19.4. The fraction of sp³-hybridized carbons (Fsp3) is 0.933. The zero-order chi connectivity index (χ0) is 17.0. The van der Waals surface area contributed by atoms with Crippen molar-refractivity contribution >= 4 is 5.91 Å². The summed E-state index contributed by atoms with van der Waals surface area (Å²) in [6.07, 6.45) is -3.63. The van der Waals surface area contributed by atoms with Gasteiger partial charge in [-0.15, -0.1) is 0 Å². The minimum atomic E-state index is -4.57. The lowest BCUT2D eigenvalue weighted by Crippen LogP contribution is -2.56. The number of likely N-dealkylation sites (tertiary alicyclic amines) is 1. The second kappa shape index (κ2) is 7.81. The zero-order valence-electron chi connectivity index (χ0n) is 13.6. The monoisotopic (exact) mass is 337 g/mol. The van der Waals surface area contributed by atoms with Crippen LogP contribution >= 0.6 is 0 Å². The van der Waals surface area contributed by atoms with Gasteiger partial charge in [0.15, 0.2) is 6.10 Å². The van der Waals surface area contributed by atoms with Crippen LogP contribution in [-0.2, 0) is 4.79 Å². The fourth-order valence-electron chi connectivity index (χ4n) is 3.22. The number of halogens is 3. The Morgan fingerprint density at radius 1 is 1.04 bits per heavy atom. The average molecular weight is 337 g/mol. The van der Waals surface area contributed by atoms with Gasteiger partial charge in [-0.3, -0.25) is 14.6 Å². The summed E-state index contributed by atoms with van der Waals surface area (Å²) < 4.78 is 37.2. The van der Waals surface area contributed by atoms with E-state index in [1.165, 1.54) is 6.42 Å².